The second-order valence-corrected chi connectivity index (χ2v) is 5.75. The maximum atomic E-state index is 12.1. The van der Waals surface area contributed by atoms with Crippen LogP contribution in [-0.2, 0) is 14.3 Å². The standard InChI is InChI=1S/C16H27NO4/c1-8-10-13(11-12(3)14(18)20-9-2)17(7)15(19)21-16(4,5)6/h8,11,13H,1,9-10H2,2-7H3/b12-11+. The van der Waals surface area contributed by atoms with Gasteiger partial charge in [0.1, 0.15) is 5.60 Å². The molecule has 0 saturated heterocycles. The molecule has 0 aromatic rings. The minimum atomic E-state index is -0.566. The number of esters is 1. The normalized spacial score (nSPS) is 13.3. The van der Waals surface area contributed by atoms with Crippen LogP contribution in [0.4, 0.5) is 4.79 Å². The Kier molecular flexibility index (Phi) is 7.77. The molecule has 5 nitrogen and oxygen atoms in total. The number of carbonyl (C=O) groups is 2. The van der Waals surface area contributed by atoms with Crippen LogP contribution in [0.5, 0.6) is 0 Å². The molecule has 0 heterocycles. The molecule has 0 spiro atoms. The molecule has 0 rings (SSSR count). The summed E-state index contributed by atoms with van der Waals surface area (Å²) in [5.41, 5.74) is -0.108. The van der Waals surface area contributed by atoms with Crippen LogP contribution in [0.25, 0.3) is 0 Å². The van der Waals surface area contributed by atoms with Crippen molar-refractivity contribution in [2.45, 2.75) is 52.7 Å². The third-order valence-electron chi connectivity index (χ3n) is 2.63. The molecule has 0 aromatic heterocycles. The van der Waals surface area contributed by atoms with Crippen LogP contribution in [0.2, 0.25) is 0 Å². The van der Waals surface area contributed by atoms with Gasteiger partial charge in [0.2, 0.25) is 0 Å². The molecule has 1 unspecified atom stereocenters. The van der Waals surface area contributed by atoms with E-state index >= 15 is 0 Å². The van der Waals surface area contributed by atoms with Crippen molar-refractivity contribution >= 4 is 12.1 Å². The van der Waals surface area contributed by atoms with Crippen molar-refractivity contribution in [1.82, 2.24) is 4.90 Å². The molecule has 0 saturated carbocycles. The highest BCUT2D eigenvalue weighted by molar-refractivity contribution is 5.88. The van der Waals surface area contributed by atoms with Gasteiger partial charge in [-0.15, -0.1) is 6.58 Å². The monoisotopic (exact) mass is 297 g/mol. The van der Waals surface area contributed by atoms with Gasteiger partial charge in [-0.1, -0.05) is 12.2 Å². The van der Waals surface area contributed by atoms with Gasteiger partial charge >= 0.3 is 12.1 Å². The lowest BCUT2D eigenvalue weighted by molar-refractivity contribution is -0.138. The van der Waals surface area contributed by atoms with Crippen LogP contribution in [0.15, 0.2) is 24.3 Å². The van der Waals surface area contributed by atoms with Gasteiger partial charge in [-0.05, 0) is 41.0 Å². The van der Waals surface area contributed by atoms with Crippen LogP contribution < -0.4 is 0 Å². The number of rotatable bonds is 6. The molecule has 0 radical (unpaired) electrons. The highest BCUT2D eigenvalue weighted by Crippen LogP contribution is 2.14. The van der Waals surface area contributed by atoms with E-state index in [1.807, 2.05) is 0 Å². The molecule has 0 aliphatic carbocycles. The van der Waals surface area contributed by atoms with Crippen LogP contribution in [-0.4, -0.2) is 42.3 Å². The SMILES string of the molecule is C=CCC(/C=C(\C)C(=O)OCC)N(C)C(=O)OC(C)(C)C. The molecule has 0 aromatic carbocycles. The predicted molar refractivity (Wildman–Crippen MR) is 83.0 cm³/mol. The molecular weight excluding hydrogens is 270 g/mol. The molecule has 0 N–H and O–H groups in total. The van der Waals surface area contributed by atoms with Crippen LogP contribution in [0.1, 0.15) is 41.0 Å². The van der Waals surface area contributed by atoms with E-state index in [4.69, 9.17) is 9.47 Å². The van der Waals surface area contributed by atoms with Crippen LogP contribution in [0, 0.1) is 0 Å². The van der Waals surface area contributed by atoms with Gasteiger partial charge in [0.25, 0.3) is 0 Å². The van der Waals surface area contributed by atoms with E-state index in [1.54, 1.807) is 53.8 Å². The number of carbonyl (C=O) groups excluding carboxylic acids is 2. The van der Waals surface area contributed by atoms with Crippen molar-refractivity contribution in [2.75, 3.05) is 13.7 Å². The smallest absolute Gasteiger partial charge is 0.410 e. The Labute approximate surface area is 127 Å². The largest absolute Gasteiger partial charge is 0.463 e. The third-order valence-corrected chi connectivity index (χ3v) is 2.63. The molecule has 0 aliphatic heterocycles. The summed E-state index contributed by atoms with van der Waals surface area (Å²) in [7, 11) is 1.64. The predicted octanol–water partition coefficient (Wildman–Crippen LogP) is 3.31. The van der Waals surface area contributed by atoms with E-state index in [9.17, 15) is 9.59 Å². The lowest BCUT2D eigenvalue weighted by Gasteiger charge is -2.29. The van der Waals surface area contributed by atoms with Crippen molar-refractivity contribution in [3.8, 4) is 0 Å². The second-order valence-electron chi connectivity index (χ2n) is 5.75. The first-order valence-electron chi connectivity index (χ1n) is 7.04. The number of nitrogens with zero attached hydrogens (tertiary/aromatic N) is 1. The number of hydrogen-bond acceptors (Lipinski definition) is 4. The topological polar surface area (TPSA) is 55.8 Å². The summed E-state index contributed by atoms with van der Waals surface area (Å²) >= 11 is 0. The van der Waals surface area contributed by atoms with Crippen molar-refractivity contribution in [2.24, 2.45) is 0 Å². The number of likely N-dealkylation sites (N-methyl/N-ethyl adjacent to an activating group) is 1. The maximum Gasteiger partial charge on any atom is 0.410 e. The molecule has 21 heavy (non-hydrogen) atoms. The van der Waals surface area contributed by atoms with Gasteiger partial charge in [-0.3, -0.25) is 0 Å². The summed E-state index contributed by atoms with van der Waals surface area (Å²) in [6.45, 7) is 12.8. The molecule has 1 atom stereocenters. The van der Waals surface area contributed by atoms with E-state index < -0.39 is 11.7 Å². The number of hydrogen-bond donors (Lipinski definition) is 0. The average molecular weight is 297 g/mol. The molecule has 1 amide bonds. The molecule has 0 fully saturated rings. The summed E-state index contributed by atoms with van der Waals surface area (Å²) in [6.07, 6.45) is 3.47. The minimum Gasteiger partial charge on any atom is -0.463 e. The van der Waals surface area contributed by atoms with Gasteiger partial charge in [-0.2, -0.15) is 0 Å². The quantitative estimate of drug-likeness (QED) is 0.429. The zero-order valence-corrected chi connectivity index (χ0v) is 13.9. The van der Waals surface area contributed by atoms with Crippen LogP contribution in [0.3, 0.4) is 0 Å². The van der Waals surface area contributed by atoms with E-state index in [-0.39, 0.29) is 12.0 Å². The highest BCUT2D eigenvalue weighted by atomic mass is 16.6. The van der Waals surface area contributed by atoms with Crippen LogP contribution >= 0.6 is 0 Å². The van der Waals surface area contributed by atoms with Gasteiger partial charge in [0, 0.05) is 12.6 Å². The first-order valence-corrected chi connectivity index (χ1v) is 7.04. The van der Waals surface area contributed by atoms with Crippen molar-refractivity contribution < 1.29 is 19.1 Å². The summed E-state index contributed by atoms with van der Waals surface area (Å²) in [5, 5.41) is 0. The summed E-state index contributed by atoms with van der Waals surface area (Å²) in [6, 6.07) is -0.304. The Morgan fingerprint density at radius 2 is 1.90 bits per heavy atom. The van der Waals surface area contributed by atoms with Gasteiger partial charge in [-0.25, -0.2) is 9.59 Å². The fourth-order valence-electron chi connectivity index (χ4n) is 1.58. The molecule has 0 bridgehead atoms. The molecule has 0 aliphatic rings. The minimum absolute atomic E-state index is 0.304. The van der Waals surface area contributed by atoms with Crippen molar-refractivity contribution in [3.05, 3.63) is 24.3 Å². The van der Waals surface area contributed by atoms with Gasteiger partial charge < -0.3 is 14.4 Å². The summed E-state index contributed by atoms with van der Waals surface area (Å²) in [5.74, 6) is -0.385. The van der Waals surface area contributed by atoms with E-state index in [1.165, 1.54) is 4.90 Å². The number of amides is 1. The van der Waals surface area contributed by atoms with E-state index in [0.29, 0.717) is 18.6 Å². The number of ether oxygens (including phenoxy) is 2. The maximum absolute atomic E-state index is 12.1. The molecule has 5 heteroatoms. The van der Waals surface area contributed by atoms with Gasteiger partial charge in [0.05, 0.1) is 12.6 Å². The lowest BCUT2D eigenvalue weighted by Crippen LogP contribution is -2.40. The first-order chi connectivity index (χ1) is 9.62. The molecular formula is C16H27NO4. The van der Waals surface area contributed by atoms with Crippen molar-refractivity contribution in [1.29, 1.82) is 0 Å². The summed E-state index contributed by atoms with van der Waals surface area (Å²) < 4.78 is 10.3. The zero-order chi connectivity index (χ0) is 16.6. The third kappa shape index (κ3) is 7.54. The zero-order valence-electron chi connectivity index (χ0n) is 13.9. The Balaban J connectivity index is 5.04. The fourth-order valence-corrected chi connectivity index (χ4v) is 1.58. The van der Waals surface area contributed by atoms with Crippen molar-refractivity contribution in [3.63, 3.8) is 0 Å². The first kappa shape index (κ1) is 19.2. The lowest BCUT2D eigenvalue weighted by atomic mass is 10.1. The van der Waals surface area contributed by atoms with Gasteiger partial charge in [0.15, 0.2) is 0 Å². The summed E-state index contributed by atoms with van der Waals surface area (Å²) in [4.78, 5) is 25.2. The van der Waals surface area contributed by atoms with E-state index in [2.05, 4.69) is 6.58 Å². The Hall–Kier alpha value is -1.78. The average Bonchev–Trinajstić information content (AvgIpc) is 2.35. The second kappa shape index (κ2) is 8.49. The Morgan fingerprint density at radius 3 is 2.33 bits per heavy atom. The fraction of sp³-hybridized carbons (Fsp3) is 0.625. The Bertz CT molecular complexity index is 407. The highest BCUT2D eigenvalue weighted by Gasteiger charge is 2.24. The van der Waals surface area contributed by atoms with E-state index in [0.717, 1.165) is 0 Å². The Morgan fingerprint density at radius 1 is 1.33 bits per heavy atom. The molecule has 120 valence electrons.